The molecule has 0 atom stereocenters. The van der Waals surface area contributed by atoms with Gasteiger partial charge in [0.15, 0.2) is 0 Å². The van der Waals surface area contributed by atoms with Crippen molar-refractivity contribution >= 4 is 45.0 Å². The summed E-state index contributed by atoms with van der Waals surface area (Å²) in [7, 11) is -3.73. The highest BCUT2D eigenvalue weighted by molar-refractivity contribution is 8.00. The summed E-state index contributed by atoms with van der Waals surface area (Å²) in [5, 5.41) is 9.55. The summed E-state index contributed by atoms with van der Waals surface area (Å²) in [4.78, 5) is -0.0385. The smallest absolute Gasteiger partial charge is 0.244 e. The molecule has 1 aliphatic heterocycles. The first-order valence-electron chi connectivity index (χ1n) is 6.40. The van der Waals surface area contributed by atoms with Crippen molar-refractivity contribution in [2.24, 2.45) is 0 Å². The van der Waals surface area contributed by atoms with Gasteiger partial charge < -0.3 is 5.11 Å². The van der Waals surface area contributed by atoms with Gasteiger partial charge in [-0.15, -0.1) is 0 Å². The molecule has 0 spiro atoms. The van der Waals surface area contributed by atoms with Gasteiger partial charge in [0.2, 0.25) is 10.0 Å². The minimum absolute atomic E-state index is 0.0385. The van der Waals surface area contributed by atoms with Gasteiger partial charge in [-0.2, -0.15) is 16.1 Å². The highest BCUT2D eigenvalue weighted by Gasteiger charge is 2.36. The Morgan fingerprint density at radius 1 is 1.38 bits per heavy atom. The first-order chi connectivity index (χ1) is 9.67. The zero-order valence-corrected chi connectivity index (χ0v) is 14.9. The molecule has 1 aromatic carbocycles. The van der Waals surface area contributed by atoms with E-state index >= 15 is 0 Å². The largest absolute Gasteiger partial charge is 0.392 e. The summed E-state index contributed by atoms with van der Waals surface area (Å²) in [6.07, 6.45) is 0. The molecule has 0 bridgehead atoms. The van der Waals surface area contributed by atoms with Crippen molar-refractivity contribution in [3.63, 3.8) is 0 Å². The molecule has 4 nitrogen and oxygen atoms in total. The Morgan fingerprint density at radius 3 is 2.62 bits per heavy atom. The Morgan fingerprint density at radius 2 is 2.05 bits per heavy atom. The fourth-order valence-corrected chi connectivity index (χ4v) is 6.05. The number of rotatable bonds is 3. The van der Waals surface area contributed by atoms with Gasteiger partial charge in [-0.05, 0) is 31.5 Å². The van der Waals surface area contributed by atoms with Crippen molar-refractivity contribution in [2.45, 2.75) is 30.1 Å². The Hall–Kier alpha value is 0.0200. The van der Waals surface area contributed by atoms with E-state index in [-0.39, 0.29) is 26.3 Å². The Bertz CT molecular complexity index is 647. The molecule has 21 heavy (non-hydrogen) atoms. The van der Waals surface area contributed by atoms with E-state index in [0.29, 0.717) is 18.7 Å². The lowest BCUT2D eigenvalue weighted by Crippen LogP contribution is -2.46. The summed E-state index contributed by atoms with van der Waals surface area (Å²) < 4.78 is 26.9. The number of thioether (sulfide) groups is 1. The third-order valence-corrected chi connectivity index (χ3v) is 7.20. The van der Waals surface area contributed by atoms with E-state index in [4.69, 9.17) is 23.2 Å². The van der Waals surface area contributed by atoms with Crippen LogP contribution in [0, 0.1) is 0 Å². The molecular weight excluding hydrogens is 353 g/mol. The van der Waals surface area contributed by atoms with Crippen LogP contribution >= 0.6 is 35.0 Å². The standard InChI is InChI=1S/C13H17Cl2NO3S2/c1-13(2)8-16(3-4-20-13)21(18,19)11-6-10(14)5-9(7-17)12(11)15/h5-6,17H,3-4,7-8H2,1-2H3. The number of hydrogen-bond donors (Lipinski definition) is 1. The SMILES string of the molecule is CC1(C)CN(S(=O)(=O)c2cc(Cl)cc(CO)c2Cl)CCS1. The molecule has 2 rings (SSSR count). The van der Waals surface area contributed by atoms with Crippen LogP contribution in [0.15, 0.2) is 17.0 Å². The summed E-state index contributed by atoms with van der Waals surface area (Å²) in [5.74, 6) is 0.733. The summed E-state index contributed by atoms with van der Waals surface area (Å²) >= 11 is 13.8. The molecular formula is C13H17Cl2NO3S2. The van der Waals surface area contributed by atoms with E-state index in [9.17, 15) is 13.5 Å². The fraction of sp³-hybridized carbons (Fsp3) is 0.538. The second-order valence-electron chi connectivity index (χ2n) is 5.48. The van der Waals surface area contributed by atoms with E-state index < -0.39 is 10.0 Å². The van der Waals surface area contributed by atoms with Gasteiger partial charge in [-0.1, -0.05) is 23.2 Å². The molecule has 0 amide bonds. The number of aliphatic hydroxyl groups excluding tert-OH is 1. The lowest BCUT2D eigenvalue weighted by Gasteiger charge is -2.36. The van der Waals surface area contributed by atoms with E-state index in [1.807, 2.05) is 13.8 Å². The van der Waals surface area contributed by atoms with Crippen LogP contribution in [0.25, 0.3) is 0 Å². The van der Waals surface area contributed by atoms with Crippen LogP contribution in [0.4, 0.5) is 0 Å². The third-order valence-electron chi connectivity index (χ3n) is 3.26. The maximum atomic E-state index is 12.8. The normalized spacial score (nSPS) is 19.7. The Labute approximate surface area is 139 Å². The first-order valence-corrected chi connectivity index (χ1v) is 9.58. The van der Waals surface area contributed by atoms with Gasteiger partial charge in [0.05, 0.1) is 11.6 Å². The minimum atomic E-state index is -3.73. The van der Waals surface area contributed by atoms with E-state index in [0.717, 1.165) is 5.75 Å². The average molecular weight is 370 g/mol. The summed E-state index contributed by atoms with van der Waals surface area (Å²) in [5.41, 5.74) is 0.313. The Kier molecular flexibility index (Phi) is 5.18. The van der Waals surface area contributed by atoms with Crippen molar-refractivity contribution in [1.82, 2.24) is 4.31 Å². The minimum Gasteiger partial charge on any atom is -0.392 e. The molecule has 0 saturated carbocycles. The average Bonchev–Trinajstić information content (AvgIpc) is 2.39. The first kappa shape index (κ1) is 17.4. The van der Waals surface area contributed by atoms with Crippen LogP contribution in [0.2, 0.25) is 10.0 Å². The molecule has 1 aliphatic rings. The second kappa shape index (κ2) is 6.26. The highest BCUT2D eigenvalue weighted by atomic mass is 35.5. The van der Waals surface area contributed by atoms with Crippen LogP contribution in [0.1, 0.15) is 19.4 Å². The van der Waals surface area contributed by atoms with Crippen LogP contribution in [0.3, 0.4) is 0 Å². The van der Waals surface area contributed by atoms with E-state index in [2.05, 4.69) is 0 Å². The van der Waals surface area contributed by atoms with Crippen molar-refractivity contribution in [2.75, 3.05) is 18.8 Å². The number of aliphatic hydroxyl groups is 1. The topological polar surface area (TPSA) is 57.6 Å². The molecule has 1 saturated heterocycles. The molecule has 8 heteroatoms. The van der Waals surface area contributed by atoms with Crippen molar-refractivity contribution < 1.29 is 13.5 Å². The zero-order chi connectivity index (χ0) is 15.8. The van der Waals surface area contributed by atoms with Crippen molar-refractivity contribution in [3.05, 3.63) is 27.7 Å². The van der Waals surface area contributed by atoms with E-state index in [1.165, 1.54) is 16.4 Å². The molecule has 0 radical (unpaired) electrons. The molecule has 1 N–H and O–H groups in total. The molecule has 0 aliphatic carbocycles. The number of sulfonamides is 1. The van der Waals surface area contributed by atoms with Crippen LogP contribution in [-0.4, -0.2) is 41.4 Å². The van der Waals surface area contributed by atoms with Gasteiger partial charge in [0.25, 0.3) is 0 Å². The van der Waals surface area contributed by atoms with Crippen LogP contribution < -0.4 is 0 Å². The van der Waals surface area contributed by atoms with Crippen LogP contribution in [0.5, 0.6) is 0 Å². The van der Waals surface area contributed by atoms with Crippen molar-refractivity contribution in [3.8, 4) is 0 Å². The Balaban J connectivity index is 2.47. The van der Waals surface area contributed by atoms with Gasteiger partial charge >= 0.3 is 0 Å². The second-order valence-corrected chi connectivity index (χ2v) is 10.0. The number of hydrogen-bond acceptors (Lipinski definition) is 4. The number of nitrogens with zero attached hydrogens (tertiary/aromatic N) is 1. The van der Waals surface area contributed by atoms with Gasteiger partial charge in [-0.25, -0.2) is 8.42 Å². The van der Waals surface area contributed by atoms with Gasteiger partial charge in [0, 0.05) is 28.6 Å². The third kappa shape index (κ3) is 3.68. The van der Waals surface area contributed by atoms with Gasteiger partial charge in [-0.3, -0.25) is 0 Å². The lowest BCUT2D eigenvalue weighted by atomic mass is 10.2. The molecule has 1 fully saturated rings. The monoisotopic (exact) mass is 369 g/mol. The lowest BCUT2D eigenvalue weighted by molar-refractivity contribution is 0.281. The molecule has 1 aromatic rings. The maximum absolute atomic E-state index is 12.8. The van der Waals surface area contributed by atoms with Crippen LogP contribution in [-0.2, 0) is 16.6 Å². The zero-order valence-electron chi connectivity index (χ0n) is 11.8. The number of benzene rings is 1. The summed E-state index contributed by atoms with van der Waals surface area (Å²) in [6, 6.07) is 2.81. The molecule has 118 valence electrons. The molecule has 0 aromatic heterocycles. The molecule has 1 heterocycles. The maximum Gasteiger partial charge on any atom is 0.244 e. The highest BCUT2D eigenvalue weighted by Crippen LogP contribution is 2.36. The van der Waals surface area contributed by atoms with Gasteiger partial charge in [0.1, 0.15) is 4.90 Å². The predicted molar refractivity (Wildman–Crippen MR) is 87.7 cm³/mol. The quantitative estimate of drug-likeness (QED) is 0.889. The van der Waals surface area contributed by atoms with Crippen molar-refractivity contribution in [1.29, 1.82) is 0 Å². The van der Waals surface area contributed by atoms with E-state index in [1.54, 1.807) is 11.8 Å². The fourth-order valence-electron chi connectivity index (χ4n) is 2.24. The molecule has 0 unspecified atom stereocenters. The predicted octanol–water partition coefficient (Wildman–Crippen LogP) is 3.00. The number of halogens is 2. The summed E-state index contributed by atoms with van der Waals surface area (Å²) in [6.45, 7) is 4.52.